The Balaban J connectivity index is 2.05. The third-order valence-corrected chi connectivity index (χ3v) is 2.79. The van der Waals surface area contributed by atoms with Gasteiger partial charge in [0.1, 0.15) is 5.60 Å². The molecule has 1 aromatic rings. The molecule has 0 fully saturated rings. The predicted octanol–water partition coefficient (Wildman–Crippen LogP) is 3.42. The zero-order chi connectivity index (χ0) is 14.8. The van der Waals surface area contributed by atoms with Crippen molar-refractivity contribution < 1.29 is 9.53 Å². The summed E-state index contributed by atoms with van der Waals surface area (Å²) in [4.78, 5) is 13.5. The number of anilines is 1. The first kappa shape index (κ1) is 14.2. The third-order valence-electron chi connectivity index (χ3n) is 2.79. The first-order valence-corrected chi connectivity index (χ1v) is 6.59. The SMILES string of the molecule is CC(C)(C)OC(=O)N1C=CC(c2cccc(N)c2)=CC1. The number of hydrogen-bond donors (Lipinski definition) is 1. The molecule has 106 valence electrons. The summed E-state index contributed by atoms with van der Waals surface area (Å²) in [5.74, 6) is 0. The molecule has 0 spiro atoms. The molecule has 20 heavy (non-hydrogen) atoms. The van der Waals surface area contributed by atoms with E-state index in [0.717, 1.165) is 16.8 Å². The smallest absolute Gasteiger partial charge is 0.414 e. The zero-order valence-electron chi connectivity index (χ0n) is 12.1. The highest BCUT2D eigenvalue weighted by Gasteiger charge is 2.21. The largest absolute Gasteiger partial charge is 0.443 e. The van der Waals surface area contributed by atoms with Crippen molar-refractivity contribution in [2.75, 3.05) is 12.3 Å². The summed E-state index contributed by atoms with van der Waals surface area (Å²) in [5.41, 5.74) is 8.12. The maximum Gasteiger partial charge on any atom is 0.414 e. The Bertz CT molecular complexity index is 568. The summed E-state index contributed by atoms with van der Waals surface area (Å²) in [5, 5.41) is 0. The molecule has 1 aliphatic rings. The predicted molar refractivity (Wildman–Crippen MR) is 80.9 cm³/mol. The summed E-state index contributed by atoms with van der Waals surface area (Å²) in [7, 11) is 0. The van der Waals surface area contributed by atoms with Crippen LogP contribution in [0.4, 0.5) is 10.5 Å². The number of nitrogens with two attached hydrogens (primary N) is 1. The first-order valence-electron chi connectivity index (χ1n) is 6.59. The Labute approximate surface area is 119 Å². The first-order chi connectivity index (χ1) is 9.35. The minimum absolute atomic E-state index is 0.336. The minimum Gasteiger partial charge on any atom is -0.443 e. The van der Waals surface area contributed by atoms with E-state index in [1.165, 1.54) is 0 Å². The second kappa shape index (κ2) is 5.41. The van der Waals surface area contributed by atoms with Crippen molar-refractivity contribution in [3.8, 4) is 0 Å². The van der Waals surface area contributed by atoms with Gasteiger partial charge in [0.05, 0.1) is 0 Å². The number of nitrogen functional groups attached to an aromatic ring is 1. The van der Waals surface area contributed by atoms with E-state index < -0.39 is 5.60 Å². The van der Waals surface area contributed by atoms with E-state index in [1.807, 2.05) is 57.2 Å². The fourth-order valence-electron chi connectivity index (χ4n) is 1.88. The van der Waals surface area contributed by atoms with Crippen molar-refractivity contribution >= 4 is 17.4 Å². The molecule has 4 nitrogen and oxygen atoms in total. The number of carbonyl (C=O) groups is 1. The van der Waals surface area contributed by atoms with E-state index in [1.54, 1.807) is 11.1 Å². The van der Waals surface area contributed by atoms with Crippen molar-refractivity contribution in [3.63, 3.8) is 0 Å². The standard InChI is InChI=1S/C16H20N2O2/c1-16(2,3)20-15(19)18-9-7-12(8-10-18)13-5-4-6-14(17)11-13/h4-9,11H,10,17H2,1-3H3. The molecule has 0 atom stereocenters. The molecule has 2 rings (SSSR count). The molecule has 0 saturated carbocycles. The molecular weight excluding hydrogens is 252 g/mol. The maximum atomic E-state index is 11.9. The summed E-state index contributed by atoms with van der Waals surface area (Å²) in [6, 6.07) is 7.68. The normalized spacial score (nSPS) is 14.9. The highest BCUT2D eigenvalue weighted by atomic mass is 16.6. The van der Waals surface area contributed by atoms with Crippen LogP contribution in [0, 0.1) is 0 Å². The van der Waals surface area contributed by atoms with E-state index in [9.17, 15) is 4.79 Å². The van der Waals surface area contributed by atoms with Crippen LogP contribution >= 0.6 is 0 Å². The summed E-state index contributed by atoms with van der Waals surface area (Å²) in [6.07, 6.45) is 5.28. The van der Waals surface area contributed by atoms with E-state index in [4.69, 9.17) is 10.5 Å². The lowest BCUT2D eigenvalue weighted by Crippen LogP contribution is -2.34. The molecule has 1 amide bonds. The number of allylic oxidation sites excluding steroid dienone is 2. The van der Waals surface area contributed by atoms with Gasteiger partial charge in [-0.15, -0.1) is 0 Å². The number of hydrogen-bond acceptors (Lipinski definition) is 3. The van der Waals surface area contributed by atoms with Gasteiger partial charge >= 0.3 is 6.09 Å². The number of carbonyl (C=O) groups excluding carboxylic acids is 1. The molecule has 0 aromatic heterocycles. The molecule has 0 radical (unpaired) electrons. The van der Waals surface area contributed by atoms with E-state index in [0.29, 0.717) is 6.54 Å². The number of nitrogens with zero attached hydrogens (tertiary/aromatic N) is 1. The Morgan fingerprint density at radius 2 is 2.10 bits per heavy atom. The second-order valence-electron chi connectivity index (χ2n) is 5.73. The average molecular weight is 272 g/mol. The van der Waals surface area contributed by atoms with Gasteiger partial charge in [-0.2, -0.15) is 0 Å². The lowest BCUT2D eigenvalue weighted by atomic mass is 10.0. The van der Waals surface area contributed by atoms with Crippen LogP contribution in [0.2, 0.25) is 0 Å². The molecular formula is C16H20N2O2. The van der Waals surface area contributed by atoms with E-state index >= 15 is 0 Å². The summed E-state index contributed by atoms with van der Waals surface area (Å²) < 4.78 is 5.32. The van der Waals surface area contributed by atoms with Gasteiger partial charge in [-0.3, -0.25) is 4.90 Å². The van der Waals surface area contributed by atoms with Gasteiger partial charge in [-0.05, 0) is 50.1 Å². The molecule has 0 aliphatic carbocycles. The lowest BCUT2D eigenvalue weighted by Gasteiger charge is -2.26. The van der Waals surface area contributed by atoms with Gasteiger partial charge < -0.3 is 10.5 Å². The number of rotatable bonds is 1. The van der Waals surface area contributed by atoms with Crippen molar-refractivity contribution in [3.05, 3.63) is 48.2 Å². The van der Waals surface area contributed by atoms with Crippen LogP contribution in [-0.4, -0.2) is 23.1 Å². The van der Waals surface area contributed by atoms with Crippen LogP contribution in [0.1, 0.15) is 26.3 Å². The van der Waals surface area contributed by atoms with Crippen LogP contribution in [0.25, 0.3) is 5.57 Å². The Kier molecular flexibility index (Phi) is 3.84. The van der Waals surface area contributed by atoms with E-state index in [-0.39, 0.29) is 6.09 Å². The van der Waals surface area contributed by atoms with Gasteiger partial charge in [0, 0.05) is 18.4 Å². The van der Waals surface area contributed by atoms with Gasteiger partial charge in [0.15, 0.2) is 0 Å². The van der Waals surface area contributed by atoms with Crippen LogP contribution < -0.4 is 5.73 Å². The van der Waals surface area contributed by atoms with Gasteiger partial charge in [-0.1, -0.05) is 18.2 Å². The quantitative estimate of drug-likeness (QED) is 0.797. The van der Waals surface area contributed by atoms with Crippen molar-refractivity contribution in [2.24, 2.45) is 0 Å². The fraction of sp³-hybridized carbons (Fsp3) is 0.312. The van der Waals surface area contributed by atoms with Crippen LogP contribution in [0.5, 0.6) is 0 Å². The Morgan fingerprint density at radius 1 is 1.35 bits per heavy atom. The molecule has 2 N–H and O–H groups in total. The maximum absolute atomic E-state index is 11.9. The molecule has 0 saturated heterocycles. The molecule has 1 heterocycles. The lowest BCUT2D eigenvalue weighted by molar-refractivity contribution is 0.0351. The molecule has 4 heteroatoms. The molecule has 1 aromatic carbocycles. The molecule has 1 aliphatic heterocycles. The second-order valence-corrected chi connectivity index (χ2v) is 5.73. The van der Waals surface area contributed by atoms with Crippen molar-refractivity contribution in [1.82, 2.24) is 4.90 Å². The zero-order valence-corrected chi connectivity index (χ0v) is 12.1. The minimum atomic E-state index is -0.483. The number of amides is 1. The van der Waals surface area contributed by atoms with Gasteiger partial charge in [-0.25, -0.2) is 4.79 Å². The fourth-order valence-corrected chi connectivity index (χ4v) is 1.88. The summed E-state index contributed by atoms with van der Waals surface area (Å²) in [6.45, 7) is 6.06. The number of benzene rings is 1. The average Bonchev–Trinajstić information content (AvgIpc) is 2.37. The van der Waals surface area contributed by atoms with E-state index in [2.05, 4.69) is 0 Å². The molecule has 0 bridgehead atoms. The highest BCUT2D eigenvalue weighted by molar-refractivity contribution is 5.79. The Morgan fingerprint density at radius 3 is 2.65 bits per heavy atom. The van der Waals surface area contributed by atoms with Gasteiger partial charge in [0.25, 0.3) is 0 Å². The third kappa shape index (κ3) is 3.63. The van der Waals surface area contributed by atoms with Crippen LogP contribution in [0.3, 0.4) is 0 Å². The van der Waals surface area contributed by atoms with Crippen molar-refractivity contribution in [2.45, 2.75) is 26.4 Å². The molecule has 0 unspecified atom stereocenters. The van der Waals surface area contributed by atoms with Crippen LogP contribution in [0.15, 0.2) is 42.6 Å². The number of ether oxygens (including phenoxy) is 1. The van der Waals surface area contributed by atoms with Gasteiger partial charge in [0.2, 0.25) is 0 Å². The van der Waals surface area contributed by atoms with Crippen LogP contribution in [-0.2, 0) is 4.74 Å². The highest BCUT2D eigenvalue weighted by Crippen LogP contribution is 2.22. The van der Waals surface area contributed by atoms with Crippen molar-refractivity contribution in [1.29, 1.82) is 0 Å². The Hall–Kier alpha value is -2.23. The topological polar surface area (TPSA) is 55.6 Å². The monoisotopic (exact) mass is 272 g/mol. The summed E-state index contributed by atoms with van der Waals surface area (Å²) >= 11 is 0.